The first-order valence-corrected chi connectivity index (χ1v) is 5.83. The van der Waals surface area contributed by atoms with Gasteiger partial charge in [0.1, 0.15) is 5.75 Å². The van der Waals surface area contributed by atoms with Crippen LogP contribution in [0, 0.1) is 0 Å². The molecule has 4 N–H and O–H groups in total. The Bertz CT molecular complexity index is 339. The highest BCUT2D eigenvalue weighted by Gasteiger charge is 2.17. The minimum atomic E-state index is -0.820. The molecule has 1 rings (SSSR count). The zero-order chi connectivity index (χ0) is 12.7. The number of hydrogen-bond acceptors (Lipinski definition) is 4. The third-order valence-electron chi connectivity index (χ3n) is 2.70. The Morgan fingerprint density at radius 3 is 2.71 bits per heavy atom. The Morgan fingerprint density at radius 2 is 2.06 bits per heavy atom. The SMILES string of the molecule is CC(O)(CN)CCCOc1ccccc1CO. The number of aliphatic hydroxyl groups excluding tert-OH is 1. The summed E-state index contributed by atoms with van der Waals surface area (Å²) in [7, 11) is 0. The molecule has 1 unspecified atom stereocenters. The van der Waals surface area contributed by atoms with Gasteiger partial charge in [0.05, 0.1) is 18.8 Å². The average molecular weight is 239 g/mol. The Morgan fingerprint density at radius 1 is 1.35 bits per heavy atom. The van der Waals surface area contributed by atoms with E-state index in [0.717, 1.165) is 12.0 Å². The average Bonchev–Trinajstić information content (AvgIpc) is 2.35. The third-order valence-corrected chi connectivity index (χ3v) is 2.70. The van der Waals surface area contributed by atoms with Gasteiger partial charge >= 0.3 is 0 Å². The molecule has 1 aromatic rings. The van der Waals surface area contributed by atoms with E-state index in [4.69, 9.17) is 15.6 Å². The number of ether oxygens (including phenoxy) is 1. The molecule has 0 aliphatic heterocycles. The Hall–Kier alpha value is -1.10. The number of para-hydroxylation sites is 1. The quantitative estimate of drug-likeness (QED) is 0.622. The molecule has 0 aliphatic rings. The molecular weight excluding hydrogens is 218 g/mol. The normalized spacial score (nSPS) is 14.4. The molecule has 0 amide bonds. The van der Waals surface area contributed by atoms with Gasteiger partial charge in [-0.25, -0.2) is 0 Å². The van der Waals surface area contributed by atoms with Crippen molar-refractivity contribution < 1.29 is 14.9 Å². The molecule has 0 saturated carbocycles. The Labute approximate surface area is 102 Å². The summed E-state index contributed by atoms with van der Waals surface area (Å²) in [5.74, 6) is 0.697. The first-order valence-electron chi connectivity index (χ1n) is 5.83. The minimum absolute atomic E-state index is 0.0311. The van der Waals surface area contributed by atoms with E-state index in [-0.39, 0.29) is 13.2 Å². The van der Waals surface area contributed by atoms with E-state index in [9.17, 15) is 5.11 Å². The van der Waals surface area contributed by atoms with Gasteiger partial charge in [0.15, 0.2) is 0 Å². The predicted octanol–water partition coefficient (Wildman–Crippen LogP) is 1.05. The van der Waals surface area contributed by atoms with Gasteiger partial charge in [-0.1, -0.05) is 18.2 Å². The highest BCUT2D eigenvalue weighted by Crippen LogP contribution is 2.18. The summed E-state index contributed by atoms with van der Waals surface area (Å²) >= 11 is 0. The van der Waals surface area contributed by atoms with E-state index >= 15 is 0 Å². The van der Waals surface area contributed by atoms with Crippen molar-refractivity contribution in [3.8, 4) is 5.75 Å². The number of hydrogen-bond donors (Lipinski definition) is 3. The second-order valence-corrected chi connectivity index (χ2v) is 4.42. The first kappa shape index (κ1) is 14.0. The van der Waals surface area contributed by atoms with Crippen LogP contribution in [0.2, 0.25) is 0 Å². The zero-order valence-corrected chi connectivity index (χ0v) is 10.2. The molecule has 1 atom stereocenters. The van der Waals surface area contributed by atoms with Crippen LogP contribution in [0.1, 0.15) is 25.3 Å². The largest absolute Gasteiger partial charge is 0.493 e. The van der Waals surface area contributed by atoms with Crippen LogP contribution in [0.3, 0.4) is 0 Å². The fourth-order valence-electron chi connectivity index (χ4n) is 1.51. The number of benzene rings is 1. The van der Waals surface area contributed by atoms with Gasteiger partial charge in [0.2, 0.25) is 0 Å². The second-order valence-electron chi connectivity index (χ2n) is 4.42. The van der Waals surface area contributed by atoms with Crippen LogP contribution in [0.5, 0.6) is 5.75 Å². The molecule has 4 heteroatoms. The van der Waals surface area contributed by atoms with Crippen LogP contribution in [-0.4, -0.2) is 29.0 Å². The molecule has 0 spiro atoms. The summed E-state index contributed by atoms with van der Waals surface area (Å²) in [6.45, 7) is 2.44. The van der Waals surface area contributed by atoms with Crippen molar-refractivity contribution in [3.05, 3.63) is 29.8 Å². The highest BCUT2D eigenvalue weighted by molar-refractivity contribution is 5.32. The van der Waals surface area contributed by atoms with E-state index in [0.29, 0.717) is 18.8 Å². The van der Waals surface area contributed by atoms with Crippen molar-refractivity contribution in [2.75, 3.05) is 13.2 Å². The number of nitrogens with two attached hydrogens (primary N) is 1. The van der Waals surface area contributed by atoms with Crippen molar-refractivity contribution >= 4 is 0 Å². The van der Waals surface area contributed by atoms with Crippen molar-refractivity contribution in [2.24, 2.45) is 5.73 Å². The van der Waals surface area contributed by atoms with Gasteiger partial charge in [0.25, 0.3) is 0 Å². The van der Waals surface area contributed by atoms with Gasteiger partial charge in [-0.2, -0.15) is 0 Å². The van der Waals surface area contributed by atoms with Crippen LogP contribution in [-0.2, 0) is 6.61 Å². The summed E-state index contributed by atoms with van der Waals surface area (Å²) in [4.78, 5) is 0. The number of aliphatic hydroxyl groups is 2. The fourth-order valence-corrected chi connectivity index (χ4v) is 1.51. The van der Waals surface area contributed by atoms with Gasteiger partial charge in [-0.15, -0.1) is 0 Å². The molecule has 96 valence electrons. The van der Waals surface area contributed by atoms with Crippen LogP contribution >= 0.6 is 0 Å². The Balaban J connectivity index is 2.36. The smallest absolute Gasteiger partial charge is 0.124 e. The van der Waals surface area contributed by atoms with E-state index in [2.05, 4.69) is 0 Å². The van der Waals surface area contributed by atoms with E-state index in [1.54, 1.807) is 6.92 Å². The molecule has 0 bridgehead atoms. The van der Waals surface area contributed by atoms with Gasteiger partial charge < -0.3 is 20.7 Å². The molecule has 0 saturated heterocycles. The monoisotopic (exact) mass is 239 g/mol. The van der Waals surface area contributed by atoms with Crippen LogP contribution in [0.25, 0.3) is 0 Å². The van der Waals surface area contributed by atoms with Crippen LogP contribution in [0.4, 0.5) is 0 Å². The second kappa shape index (κ2) is 6.59. The summed E-state index contributed by atoms with van der Waals surface area (Å²) in [5.41, 5.74) is 5.38. The first-order chi connectivity index (χ1) is 8.09. The maximum absolute atomic E-state index is 9.70. The highest BCUT2D eigenvalue weighted by atomic mass is 16.5. The lowest BCUT2D eigenvalue weighted by atomic mass is 10.0. The fraction of sp³-hybridized carbons (Fsp3) is 0.538. The topological polar surface area (TPSA) is 75.7 Å². The summed E-state index contributed by atoms with van der Waals surface area (Å²) in [5, 5.41) is 18.8. The molecule has 0 heterocycles. The summed E-state index contributed by atoms with van der Waals surface area (Å²) < 4.78 is 5.56. The molecule has 0 aromatic heterocycles. The molecule has 0 fully saturated rings. The van der Waals surface area contributed by atoms with Crippen LogP contribution in [0.15, 0.2) is 24.3 Å². The van der Waals surface area contributed by atoms with E-state index in [1.807, 2.05) is 24.3 Å². The van der Waals surface area contributed by atoms with E-state index in [1.165, 1.54) is 0 Å². The maximum Gasteiger partial charge on any atom is 0.124 e. The molecule has 4 nitrogen and oxygen atoms in total. The molecule has 17 heavy (non-hydrogen) atoms. The van der Waals surface area contributed by atoms with Gasteiger partial charge in [-0.3, -0.25) is 0 Å². The summed E-state index contributed by atoms with van der Waals surface area (Å²) in [6.07, 6.45) is 1.33. The molecular formula is C13H21NO3. The van der Waals surface area contributed by atoms with Gasteiger partial charge in [0, 0.05) is 12.1 Å². The third kappa shape index (κ3) is 4.73. The summed E-state index contributed by atoms with van der Waals surface area (Å²) in [6, 6.07) is 7.38. The van der Waals surface area contributed by atoms with Crippen molar-refractivity contribution in [3.63, 3.8) is 0 Å². The van der Waals surface area contributed by atoms with Gasteiger partial charge in [-0.05, 0) is 25.8 Å². The lowest BCUT2D eigenvalue weighted by Crippen LogP contribution is -2.34. The maximum atomic E-state index is 9.70. The number of rotatable bonds is 7. The lowest BCUT2D eigenvalue weighted by molar-refractivity contribution is 0.0535. The minimum Gasteiger partial charge on any atom is -0.493 e. The van der Waals surface area contributed by atoms with Crippen molar-refractivity contribution in [1.29, 1.82) is 0 Å². The Kier molecular flexibility index (Phi) is 5.41. The lowest BCUT2D eigenvalue weighted by Gasteiger charge is -2.20. The van der Waals surface area contributed by atoms with Crippen molar-refractivity contribution in [2.45, 2.75) is 32.0 Å². The standard InChI is InChI=1S/C13H21NO3/c1-13(16,10-14)7-4-8-17-12-6-3-2-5-11(12)9-15/h2-3,5-6,15-16H,4,7-10,14H2,1H3. The zero-order valence-electron chi connectivity index (χ0n) is 10.2. The van der Waals surface area contributed by atoms with Crippen molar-refractivity contribution in [1.82, 2.24) is 0 Å². The molecule has 0 aliphatic carbocycles. The predicted molar refractivity (Wildman–Crippen MR) is 66.8 cm³/mol. The van der Waals surface area contributed by atoms with E-state index < -0.39 is 5.60 Å². The molecule has 0 radical (unpaired) electrons. The molecule has 1 aromatic carbocycles. The van der Waals surface area contributed by atoms with Crippen LogP contribution < -0.4 is 10.5 Å².